The van der Waals surface area contributed by atoms with Crippen molar-refractivity contribution in [2.24, 2.45) is 5.10 Å². The molecule has 1 heterocycles. The summed E-state index contributed by atoms with van der Waals surface area (Å²) in [6, 6.07) is 6.04. The van der Waals surface area contributed by atoms with Gasteiger partial charge in [-0.05, 0) is 31.2 Å². The molecule has 138 valence electrons. The SMILES string of the molecule is COc1ccc(O[C@H](C)C(=O)N2N=C(C(F)F)C[C@]2(O)C(F)F)cc1. The summed E-state index contributed by atoms with van der Waals surface area (Å²) >= 11 is 0. The molecule has 6 nitrogen and oxygen atoms in total. The highest BCUT2D eigenvalue weighted by atomic mass is 19.3. The lowest BCUT2D eigenvalue weighted by Gasteiger charge is -2.31. The molecule has 0 fully saturated rings. The maximum Gasteiger partial charge on any atom is 0.287 e. The zero-order chi connectivity index (χ0) is 18.8. The van der Waals surface area contributed by atoms with Gasteiger partial charge in [0.15, 0.2) is 6.10 Å². The van der Waals surface area contributed by atoms with Crippen molar-refractivity contribution in [1.82, 2.24) is 5.01 Å². The van der Waals surface area contributed by atoms with E-state index in [-0.39, 0.29) is 10.8 Å². The fourth-order valence-electron chi connectivity index (χ4n) is 2.20. The average molecular weight is 364 g/mol. The maximum absolute atomic E-state index is 13.1. The first kappa shape index (κ1) is 19.0. The molecule has 1 aliphatic rings. The summed E-state index contributed by atoms with van der Waals surface area (Å²) in [5.41, 5.74) is -4.12. The van der Waals surface area contributed by atoms with Crippen LogP contribution in [0, 0.1) is 0 Å². The molecule has 1 aliphatic heterocycles. The van der Waals surface area contributed by atoms with Gasteiger partial charge >= 0.3 is 0 Å². The van der Waals surface area contributed by atoms with Crippen molar-refractivity contribution in [3.05, 3.63) is 24.3 Å². The molecule has 25 heavy (non-hydrogen) atoms. The van der Waals surface area contributed by atoms with Crippen molar-refractivity contribution in [2.75, 3.05) is 7.11 Å². The van der Waals surface area contributed by atoms with Crippen molar-refractivity contribution >= 4 is 11.6 Å². The molecule has 10 heteroatoms. The lowest BCUT2D eigenvalue weighted by atomic mass is 10.1. The lowest BCUT2D eigenvalue weighted by molar-refractivity contribution is -0.196. The number of hydrogen-bond donors (Lipinski definition) is 1. The molecule has 0 unspecified atom stereocenters. The Labute approximate surface area is 140 Å². The van der Waals surface area contributed by atoms with Crippen LogP contribution in [0.15, 0.2) is 29.4 Å². The van der Waals surface area contributed by atoms with Crippen molar-refractivity contribution in [3.63, 3.8) is 0 Å². The van der Waals surface area contributed by atoms with E-state index in [0.29, 0.717) is 5.75 Å². The molecule has 2 atom stereocenters. The van der Waals surface area contributed by atoms with Crippen molar-refractivity contribution in [2.45, 2.75) is 38.0 Å². The first-order valence-corrected chi connectivity index (χ1v) is 7.20. The molecule has 0 aromatic heterocycles. The smallest absolute Gasteiger partial charge is 0.287 e. The highest BCUT2D eigenvalue weighted by Crippen LogP contribution is 2.34. The Balaban J connectivity index is 2.17. The number of aliphatic hydroxyl groups is 1. The predicted molar refractivity (Wildman–Crippen MR) is 78.9 cm³/mol. The van der Waals surface area contributed by atoms with E-state index in [0.717, 1.165) is 0 Å². The van der Waals surface area contributed by atoms with Gasteiger partial charge in [0.05, 0.1) is 7.11 Å². The van der Waals surface area contributed by atoms with Crippen molar-refractivity contribution in [1.29, 1.82) is 0 Å². The molecule has 2 rings (SSSR count). The Morgan fingerprint density at radius 1 is 1.24 bits per heavy atom. The van der Waals surface area contributed by atoms with E-state index in [9.17, 15) is 27.5 Å². The number of carbonyl (C=O) groups is 1. The first-order chi connectivity index (χ1) is 11.7. The minimum Gasteiger partial charge on any atom is -0.497 e. The quantitative estimate of drug-likeness (QED) is 0.786. The van der Waals surface area contributed by atoms with Gasteiger partial charge in [-0.3, -0.25) is 4.79 Å². The lowest BCUT2D eigenvalue weighted by Crippen LogP contribution is -2.54. The molecule has 0 aliphatic carbocycles. The van der Waals surface area contributed by atoms with E-state index in [1.165, 1.54) is 26.2 Å². The van der Waals surface area contributed by atoms with E-state index in [2.05, 4.69) is 5.10 Å². The minimum atomic E-state index is -3.48. The number of methoxy groups -OCH3 is 1. The molecule has 1 N–H and O–H groups in total. The molecule has 0 saturated heterocycles. The molecular weight excluding hydrogens is 348 g/mol. The molecule has 0 saturated carbocycles. The van der Waals surface area contributed by atoms with Gasteiger partial charge in [-0.15, -0.1) is 0 Å². The average Bonchev–Trinajstić information content (AvgIpc) is 2.94. The van der Waals surface area contributed by atoms with Crippen molar-refractivity contribution < 1.29 is 36.9 Å². The number of ether oxygens (including phenoxy) is 2. The highest BCUT2D eigenvalue weighted by Gasteiger charge is 2.54. The van der Waals surface area contributed by atoms with Crippen LogP contribution in [-0.4, -0.2) is 53.5 Å². The number of halogens is 4. The van der Waals surface area contributed by atoms with Crippen LogP contribution in [0.3, 0.4) is 0 Å². The molecule has 0 radical (unpaired) electrons. The first-order valence-electron chi connectivity index (χ1n) is 7.20. The molecule has 0 bridgehead atoms. The van der Waals surface area contributed by atoms with Crippen LogP contribution in [0.4, 0.5) is 17.6 Å². The van der Waals surface area contributed by atoms with Crippen molar-refractivity contribution in [3.8, 4) is 11.5 Å². The van der Waals surface area contributed by atoms with Crippen LogP contribution >= 0.6 is 0 Å². The van der Waals surface area contributed by atoms with E-state index in [4.69, 9.17) is 9.47 Å². The number of amides is 1. The van der Waals surface area contributed by atoms with Crippen LogP contribution in [0.2, 0.25) is 0 Å². The number of benzene rings is 1. The van der Waals surface area contributed by atoms with E-state index in [1.54, 1.807) is 12.1 Å². The van der Waals surface area contributed by atoms with Gasteiger partial charge in [-0.2, -0.15) is 10.1 Å². The summed E-state index contributed by atoms with van der Waals surface area (Å²) in [7, 11) is 1.46. The second-order valence-electron chi connectivity index (χ2n) is 5.33. The second-order valence-corrected chi connectivity index (χ2v) is 5.33. The zero-order valence-electron chi connectivity index (χ0n) is 13.3. The monoisotopic (exact) mass is 364 g/mol. The fourth-order valence-corrected chi connectivity index (χ4v) is 2.20. The summed E-state index contributed by atoms with van der Waals surface area (Å²) < 4.78 is 62.0. The number of nitrogens with zero attached hydrogens (tertiary/aromatic N) is 2. The van der Waals surface area contributed by atoms with E-state index < -0.39 is 42.7 Å². The molecular formula is C15H16F4N2O4. The van der Waals surface area contributed by atoms with Gasteiger partial charge in [0.2, 0.25) is 5.72 Å². The molecule has 1 aromatic rings. The van der Waals surface area contributed by atoms with Crippen LogP contribution in [0.1, 0.15) is 13.3 Å². The maximum atomic E-state index is 13.1. The van der Waals surface area contributed by atoms with Crippen LogP contribution in [0.5, 0.6) is 11.5 Å². The third-order valence-electron chi connectivity index (χ3n) is 3.57. The number of hydrazone groups is 1. The summed E-state index contributed by atoms with van der Waals surface area (Å²) in [6.45, 7) is 1.23. The van der Waals surface area contributed by atoms with Gasteiger partial charge in [-0.25, -0.2) is 17.6 Å². The normalized spacial score (nSPS) is 21.5. The Morgan fingerprint density at radius 3 is 2.28 bits per heavy atom. The third kappa shape index (κ3) is 3.84. The Kier molecular flexibility index (Phi) is 5.51. The van der Waals surface area contributed by atoms with Crippen LogP contribution in [0.25, 0.3) is 0 Å². The number of rotatable bonds is 6. The number of hydrogen-bond acceptors (Lipinski definition) is 5. The van der Waals surface area contributed by atoms with Gasteiger partial charge in [0, 0.05) is 6.42 Å². The Morgan fingerprint density at radius 2 is 1.80 bits per heavy atom. The topological polar surface area (TPSA) is 71.4 Å². The fraction of sp³-hybridized carbons (Fsp3) is 0.467. The van der Waals surface area contributed by atoms with Crippen LogP contribution in [-0.2, 0) is 4.79 Å². The zero-order valence-corrected chi connectivity index (χ0v) is 13.3. The minimum absolute atomic E-state index is 0.0205. The van der Waals surface area contributed by atoms with E-state index in [1.807, 2.05) is 0 Å². The standard InChI is InChI=1S/C15H16F4N2O4/c1-8(25-10-5-3-9(24-2)4-6-10)13(22)21-15(23,14(18)19)7-11(20-21)12(16)17/h3-6,8,12,14,23H,7H2,1-2H3/t8-,15+/m1/s1. The summed E-state index contributed by atoms with van der Waals surface area (Å²) in [6.07, 6.45) is -9.13. The second kappa shape index (κ2) is 7.26. The predicted octanol–water partition coefficient (Wildman–Crippen LogP) is 2.27. The summed E-state index contributed by atoms with van der Waals surface area (Å²) in [4.78, 5) is 12.3. The Bertz CT molecular complexity index is 653. The number of alkyl halides is 4. The van der Waals surface area contributed by atoms with Gasteiger partial charge in [-0.1, -0.05) is 0 Å². The highest BCUT2D eigenvalue weighted by molar-refractivity contribution is 5.93. The molecule has 0 spiro atoms. The molecule has 1 aromatic carbocycles. The third-order valence-corrected chi connectivity index (χ3v) is 3.57. The largest absolute Gasteiger partial charge is 0.497 e. The van der Waals surface area contributed by atoms with Crippen LogP contribution < -0.4 is 9.47 Å². The molecule has 1 amide bonds. The van der Waals surface area contributed by atoms with Gasteiger partial charge < -0.3 is 14.6 Å². The number of carbonyl (C=O) groups excluding carboxylic acids is 1. The Hall–Kier alpha value is -2.36. The van der Waals surface area contributed by atoms with E-state index >= 15 is 0 Å². The summed E-state index contributed by atoms with van der Waals surface area (Å²) in [5, 5.41) is 13.1. The van der Waals surface area contributed by atoms with Gasteiger partial charge in [0.1, 0.15) is 17.2 Å². The summed E-state index contributed by atoms with van der Waals surface area (Å²) in [5.74, 6) is -0.419. The van der Waals surface area contributed by atoms with Gasteiger partial charge in [0.25, 0.3) is 18.8 Å².